The van der Waals surface area contributed by atoms with E-state index in [1.54, 1.807) is 30.3 Å². The van der Waals surface area contributed by atoms with Crippen molar-refractivity contribution in [2.24, 2.45) is 29.4 Å². The van der Waals surface area contributed by atoms with Gasteiger partial charge in [-0.25, -0.2) is 9.18 Å². The van der Waals surface area contributed by atoms with Gasteiger partial charge in [0.2, 0.25) is 11.8 Å². The third-order valence-corrected chi connectivity index (χ3v) is 10.3. The fourth-order valence-corrected chi connectivity index (χ4v) is 8.28. The molecule has 0 bridgehead atoms. The van der Waals surface area contributed by atoms with E-state index in [2.05, 4.69) is 5.43 Å². The van der Waals surface area contributed by atoms with E-state index in [4.69, 9.17) is 28.9 Å². The summed E-state index contributed by atoms with van der Waals surface area (Å²) in [5.41, 5.74) is 8.03. The zero-order chi connectivity index (χ0) is 32.7. The van der Waals surface area contributed by atoms with Crippen molar-refractivity contribution in [1.82, 2.24) is 9.91 Å². The Kier molecular flexibility index (Phi) is 6.95. The van der Waals surface area contributed by atoms with Crippen molar-refractivity contribution >= 4 is 58.5 Å². The third-order valence-electron chi connectivity index (χ3n) is 9.78. The van der Waals surface area contributed by atoms with E-state index >= 15 is 0 Å². The Bertz CT molecular complexity index is 1880. The number of halogens is 3. The standard InChI is InChI=1S/C33H25Cl2FN4O6/c34-16-3-1-15(2-4-16)33-24(29(43)40(31(33)45)38-19-8-6-18(36)7-9-19)14-22-20(27(33)23-13-17(35)5-12-25(23)41)10-11-21-26(22)30(44)39(28(21)42)32(37)46/h1-10,12-13,21-22,24,26-27,38,41H,11,14H2,(H2,37,46). The number of fused-ring (bicyclic) bond motifs is 4. The summed E-state index contributed by atoms with van der Waals surface area (Å²) >= 11 is 12.7. The van der Waals surface area contributed by atoms with Crippen molar-refractivity contribution in [3.05, 3.63) is 105 Å². The second-order valence-corrected chi connectivity index (χ2v) is 12.8. The van der Waals surface area contributed by atoms with Crippen LogP contribution >= 0.6 is 23.2 Å². The molecule has 2 aliphatic carbocycles. The van der Waals surface area contributed by atoms with Gasteiger partial charge in [-0.2, -0.15) is 9.91 Å². The van der Waals surface area contributed by atoms with Gasteiger partial charge < -0.3 is 10.8 Å². The minimum Gasteiger partial charge on any atom is -0.508 e. The fraction of sp³-hybridized carbons (Fsp3) is 0.242. The van der Waals surface area contributed by atoms with Crippen LogP contribution in [0.15, 0.2) is 78.4 Å². The van der Waals surface area contributed by atoms with E-state index in [9.17, 15) is 33.5 Å². The van der Waals surface area contributed by atoms with E-state index in [0.29, 0.717) is 21.1 Å². The summed E-state index contributed by atoms with van der Waals surface area (Å²) in [5, 5.41) is 12.8. The normalized spacial score (nSPS) is 28.5. The van der Waals surface area contributed by atoms with Gasteiger partial charge in [-0.1, -0.05) is 47.0 Å². The Morgan fingerprint density at radius 1 is 0.913 bits per heavy atom. The highest BCUT2D eigenvalue weighted by Crippen LogP contribution is 2.65. The molecule has 4 aliphatic rings. The van der Waals surface area contributed by atoms with Gasteiger partial charge in [0.15, 0.2) is 0 Å². The SMILES string of the molecule is NC(=O)N1C(=O)C2CC=C3C(CC4C(=O)N(Nc5ccc(F)cc5)C(=O)C4(c4ccc(Cl)cc4)C3c3cc(Cl)ccc3O)C2C1=O. The molecule has 6 amide bonds. The number of primary amides is 1. The van der Waals surface area contributed by atoms with E-state index in [1.165, 1.54) is 42.5 Å². The number of anilines is 1. The van der Waals surface area contributed by atoms with Crippen LogP contribution in [0.25, 0.3) is 0 Å². The number of phenols is 1. The number of benzene rings is 3. The molecule has 1 saturated carbocycles. The maximum absolute atomic E-state index is 15.0. The highest BCUT2D eigenvalue weighted by atomic mass is 35.5. The lowest BCUT2D eigenvalue weighted by molar-refractivity contribution is -0.139. The fourth-order valence-electron chi connectivity index (χ4n) is 7.97. The first-order valence-corrected chi connectivity index (χ1v) is 15.2. The largest absolute Gasteiger partial charge is 0.508 e. The molecule has 0 aromatic heterocycles. The van der Waals surface area contributed by atoms with Gasteiger partial charge in [-0.05, 0) is 78.9 Å². The summed E-state index contributed by atoms with van der Waals surface area (Å²) in [5.74, 6) is -8.42. The number of likely N-dealkylation sites (tertiary alicyclic amines) is 1. The molecule has 2 heterocycles. The lowest BCUT2D eigenvalue weighted by atomic mass is 9.49. The number of amides is 6. The van der Waals surface area contributed by atoms with Crippen LogP contribution in [0.2, 0.25) is 10.0 Å². The van der Waals surface area contributed by atoms with Gasteiger partial charge in [-0.3, -0.25) is 24.6 Å². The first-order valence-electron chi connectivity index (χ1n) is 14.5. The topological polar surface area (TPSA) is 150 Å². The molecule has 10 nitrogen and oxygen atoms in total. The number of hydrogen-bond donors (Lipinski definition) is 3. The zero-order valence-electron chi connectivity index (χ0n) is 23.8. The molecule has 4 N–H and O–H groups in total. The maximum atomic E-state index is 15.0. The van der Waals surface area contributed by atoms with Gasteiger partial charge >= 0.3 is 6.03 Å². The van der Waals surface area contributed by atoms with Crippen molar-refractivity contribution in [1.29, 1.82) is 0 Å². The van der Waals surface area contributed by atoms with Gasteiger partial charge in [0.1, 0.15) is 11.6 Å². The number of carbonyl (C=O) groups excluding carboxylic acids is 5. The number of allylic oxidation sites excluding steroid dienone is 2. The molecule has 2 aliphatic heterocycles. The molecule has 13 heteroatoms. The van der Waals surface area contributed by atoms with E-state index < -0.39 is 70.5 Å². The molecule has 46 heavy (non-hydrogen) atoms. The average Bonchev–Trinajstić information content (AvgIpc) is 3.41. The summed E-state index contributed by atoms with van der Waals surface area (Å²) in [6.07, 6.45) is 1.77. The maximum Gasteiger partial charge on any atom is 0.328 e. The van der Waals surface area contributed by atoms with E-state index in [0.717, 1.165) is 5.01 Å². The van der Waals surface area contributed by atoms with Gasteiger partial charge in [0.25, 0.3) is 11.8 Å². The smallest absolute Gasteiger partial charge is 0.328 e. The summed E-state index contributed by atoms with van der Waals surface area (Å²) in [7, 11) is 0. The van der Waals surface area contributed by atoms with Crippen LogP contribution in [0, 0.1) is 29.5 Å². The van der Waals surface area contributed by atoms with Crippen molar-refractivity contribution in [2.45, 2.75) is 24.2 Å². The highest BCUT2D eigenvalue weighted by Gasteiger charge is 2.70. The molecular formula is C33H25Cl2FN4O6. The minimum atomic E-state index is -1.69. The number of aromatic hydroxyl groups is 1. The van der Waals surface area contributed by atoms with Gasteiger partial charge in [0, 0.05) is 21.5 Å². The monoisotopic (exact) mass is 662 g/mol. The molecule has 0 radical (unpaired) electrons. The van der Waals surface area contributed by atoms with Gasteiger partial charge in [-0.15, -0.1) is 0 Å². The Hall–Kier alpha value is -4.74. The minimum absolute atomic E-state index is 0.0504. The number of nitrogens with zero attached hydrogens (tertiary/aromatic N) is 2. The van der Waals surface area contributed by atoms with Crippen LogP contribution in [-0.4, -0.2) is 44.7 Å². The number of hydrazine groups is 1. The van der Waals surface area contributed by atoms with Gasteiger partial charge in [0.05, 0.1) is 28.9 Å². The number of imide groups is 4. The molecule has 7 rings (SSSR count). The molecule has 6 unspecified atom stereocenters. The molecular weight excluding hydrogens is 638 g/mol. The average molecular weight is 663 g/mol. The van der Waals surface area contributed by atoms with Crippen LogP contribution < -0.4 is 11.2 Å². The second-order valence-electron chi connectivity index (χ2n) is 11.9. The number of nitrogens with one attached hydrogen (secondary N) is 1. The van der Waals surface area contributed by atoms with E-state index in [1.807, 2.05) is 0 Å². The third kappa shape index (κ3) is 4.18. The lowest BCUT2D eigenvalue weighted by Crippen LogP contribution is -2.53. The molecule has 2 saturated heterocycles. The Labute approximate surface area is 271 Å². The summed E-state index contributed by atoms with van der Waals surface area (Å²) < 4.78 is 13.7. The number of phenolic OH excluding ortho intramolecular Hbond substituents is 1. The van der Waals surface area contributed by atoms with Crippen LogP contribution in [0.5, 0.6) is 5.75 Å². The predicted molar refractivity (Wildman–Crippen MR) is 164 cm³/mol. The molecule has 3 aromatic carbocycles. The first-order chi connectivity index (χ1) is 21.9. The number of rotatable bonds is 4. The highest BCUT2D eigenvalue weighted by molar-refractivity contribution is 6.31. The molecule has 3 aromatic rings. The Morgan fingerprint density at radius 2 is 1.59 bits per heavy atom. The Balaban J connectivity index is 1.48. The van der Waals surface area contributed by atoms with Crippen molar-refractivity contribution in [3.63, 3.8) is 0 Å². The number of hydrogen-bond acceptors (Lipinski definition) is 7. The molecule has 234 valence electrons. The Morgan fingerprint density at radius 3 is 2.26 bits per heavy atom. The van der Waals surface area contributed by atoms with Crippen molar-refractivity contribution < 1.29 is 33.5 Å². The van der Waals surface area contributed by atoms with Crippen LogP contribution in [-0.2, 0) is 24.6 Å². The van der Waals surface area contributed by atoms with Crippen molar-refractivity contribution in [3.8, 4) is 5.75 Å². The lowest BCUT2D eigenvalue weighted by Gasteiger charge is -2.50. The van der Waals surface area contributed by atoms with Crippen LogP contribution in [0.4, 0.5) is 14.9 Å². The number of nitrogens with two attached hydrogens (primary N) is 1. The summed E-state index contributed by atoms with van der Waals surface area (Å²) in [6.45, 7) is 0. The zero-order valence-corrected chi connectivity index (χ0v) is 25.3. The number of carbonyl (C=O) groups is 5. The van der Waals surface area contributed by atoms with Crippen LogP contribution in [0.3, 0.4) is 0 Å². The molecule has 6 atom stereocenters. The second kappa shape index (κ2) is 10.7. The van der Waals surface area contributed by atoms with Crippen LogP contribution in [0.1, 0.15) is 29.9 Å². The molecule has 3 fully saturated rings. The first kappa shape index (κ1) is 29.9. The number of urea groups is 1. The van der Waals surface area contributed by atoms with E-state index in [-0.39, 0.29) is 34.9 Å². The quantitative estimate of drug-likeness (QED) is 0.266. The van der Waals surface area contributed by atoms with Crippen molar-refractivity contribution in [2.75, 3.05) is 5.43 Å². The summed E-state index contributed by atoms with van der Waals surface area (Å²) in [4.78, 5) is 68.9. The summed E-state index contributed by atoms with van der Waals surface area (Å²) in [6, 6.07) is 14.7. The predicted octanol–water partition coefficient (Wildman–Crippen LogP) is 4.90. The molecule has 0 spiro atoms.